The molecule has 1 aromatic carbocycles. The summed E-state index contributed by atoms with van der Waals surface area (Å²) in [6.45, 7) is 1.70. The van der Waals surface area contributed by atoms with Crippen molar-refractivity contribution in [2.75, 3.05) is 30.9 Å². The Morgan fingerprint density at radius 1 is 1.32 bits per heavy atom. The van der Waals surface area contributed by atoms with Gasteiger partial charge < -0.3 is 20.1 Å². The van der Waals surface area contributed by atoms with Crippen molar-refractivity contribution in [3.63, 3.8) is 0 Å². The van der Waals surface area contributed by atoms with Gasteiger partial charge in [-0.05, 0) is 25.0 Å². The van der Waals surface area contributed by atoms with E-state index in [1.165, 1.54) is 25.7 Å². The molecule has 4 nitrogen and oxygen atoms in total. The zero-order valence-corrected chi connectivity index (χ0v) is 11.5. The molecular formula is C15H22N2O2. The molecule has 2 unspecified atom stereocenters. The van der Waals surface area contributed by atoms with E-state index in [1.54, 1.807) is 7.11 Å². The lowest BCUT2D eigenvalue weighted by atomic mass is 9.89. The van der Waals surface area contributed by atoms with Crippen LogP contribution >= 0.6 is 0 Å². The highest BCUT2D eigenvalue weighted by molar-refractivity contribution is 5.74. The fourth-order valence-corrected chi connectivity index (χ4v) is 3.36. The predicted molar refractivity (Wildman–Crippen MR) is 76.7 cm³/mol. The molecule has 3 rings (SSSR count). The van der Waals surface area contributed by atoms with E-state index >= 15 is 0 Å². The third-order valence-corrected chi connectivity index (χ3v) is 4.30. The number of morpholine rings is 1. The summed E-state index contributed by atoms with van der Waals surface area (Å²) >= 11 is 0. The van der Waals surface area contributed by atoms with Crippen LogP contribution in [0, 0.1) is 0 Å². The Morgan fingerprint density at radius 3 is 3.00 bits per heavy atom. The summed E-state index contributed by atoms with van der Waals surface area (Å²) in [6, 6.07) is 6.49. The maximum atomic E-state index is 6.24. The van der Waals surface area contributed by atoms with E-state index in [0.717, 1.165) is 30.3 Å². The van der Waals surface area contributed by atoms with Gasteiger partial charge in [-0.3, -0.25) is 0 Å². The quantitative estimate of drug-likeness (QED) is 0.832. The van der Waals surface area contributed by atoms with Crippen LogP contribution in [-0.4, -0.2) is 32.4 Å². The minimum Gasteiger partial charge on any atom is -0.495 e. The van der Waals surface area contributed by atoms with Gasteiger partial charge in [-0.25, -0.2) is 0 Å². The number of hydrogen-bond acceptors (Lipinski definition) is 4. The van der Waals surface area contributed by atoms with Crippen LogP contribution in [0.3, 0.4) is 0 Å². The molecule has 1 saturated heterocycles. The molecule has 2 N–H and O–H groups in total. The number of nitrogen functional groups attached to an aromatic ring is 1. The molecule has 0 aromatic heterocycles. The first kappa shape index (κ1) is 12.6. The number of rotatable bonds is 2. The van der Waals surface area contributed by atoms with Crippen LogP contribution in [0.1, 0.15) is 25.7 Å². The summed E-state index contributed by atoms with van der Waals surface area (Å²) in [6.07, 6.45) is 5.30. The van der Waals surface area contributed by atoms with Crippen molar-refractivity contribution in [1.29, 1.82) is 0 Å². The molecule has 4 heteroatoms. The average Bonchev–Trinajstić information content (AvgIpc) is 2.47. The fourth-order valence-electron chi connectivity index (χ4n) is 3.36. The molecule has 19 heavy (non-hydrogen) atoms. The zero-order valence-electron chi connectivity index (χ0n) is 11.5. The number of ether oxygens (including phenoxy) is 2. The Kier molecular flexibility index (Phi) is 3.51. The Hall–Kier alpha value is -1.42. The lowest BCUT2D eigenvalue weighted by molar-refractivity contribution is -0.00863. The molecule has 1 aromatic rings. The lowest BCUT2D eigenvalue weighted by Crippen LogP contribution is -2.53. The largest absolute Gasteiger partial charge is 0.495 e. The van der Waals surface area contributed by atoms with Gasteiger partial charge in [-0.1, -0.05) is 18.9 Å². The van der Waals surface area contributed by atoms with Crippen molar-refractivity contribution in [1.82, 2.24) is 0 Å². The highest BCUT2D eigenvalue weighted by Gasteiger charge is 2.35. The van der Waals surface area contributed by atoms with Gasteiger partial charge in [-0.15, -0.1) is 0 Å². The van der Waals surface area contributed by atoms with Crippen LogP contribution in [0.5, 0.6) is 5.75 Å². The minimum absolute atomic E-state index is 0.369. The maximum absolute atomic E-state index is 6.24. The molecule has 1 aliphatic heterocycles. The smallest absolute Gasteiger partial charge is 0.143 e. The van der Waals surface area contributed by atoms with Crippen LogP contribution in [0.2, 0.25) is 0 Å². The Labute approximate surface area is 114 Å². The summed E-state index contributed by atoms with van der Waals surface area (Å²) in [5, 5.41) is 0. The Morgan fingerprint density at radius 2 is 2.16 bits per heavy atom. The van der Waals surface area contributed by atoms with Gasteiger partial charge >= 0.3 is 0 Å². The molecule has 2 fully saturated rings. The number of hydrogen-bond donors (Lipinski definition) is 1. The average molecular weight is 262 g/mol. The van der Waals surface area contributed by atoms with Crippen molar-refractivity contribution >= 4 is 11.4 Å². The van der Waals surface area contributed by atoms with Gasteiger partial charge in [0.1, 0.15) is 5.75 Å². The minimum atomic E-state index is 0.369. The van der Waals surface area contributed by atoms with Gasteiger partial charge in [0.25, 0.3) is 0 Å². The molecule has 1 saturated carbocycles. The standard InChI is InChI=1S/C15H22N2O2/c1-18-14-8-4-6-12(15(14)16)17-9-10-19-13-7-3-2-5-11(13)17/h4,6,8,11,13H,2-3,5,7,9-10,16H2,1H3. The maximum Gasteiger partial charge on any atom is 0.143 e. The molecule has 104 valence electrons. The Balaban J connectivity index is 1.91. The highest BCUT2D eigenvalue weighted by atomic mass is 16.5. The molecular weight excluding hydrogens is 240 g/mol. The topological polar surface area (TPSA) is 47.7 Å². The summed E-state index contributed by atoms with van der Waals surface area (Å²) in [4.78, 5) is 2.42. The van der Waals surface area contributed by atoms with Crippen LogP contribution in [-0.2, 0) is 4.74 Å². The van der Waals surface area contributed by atoms with Crippen molar-refractivity contribution in [2.24, 2.45) is 0 Å². The number of fused-ring (bicyclic) bond motifs is 1. The van der Waals surface area contributed by atoms with E-state index < -0.39 is 0 Å². The van der Waals surface area contributed by atoms with Crippen molar-refractivity contribution < 1.29 is 9.47 Å². The van der Waals surface area contributed by atoms with Gasteiger partial charge in [0.15, 0.2) is 0 Å². The van der Waals surface area contributed by atoms with Crippen LogP contribution in [0.15, 0.2) is 18.2 Å². The van der Waals surface area contributed by atoms with Gasteiger partial charge in [0.2, 0.25) is 0 Å². The number of nitrogens with two attached hydrogens (primary N) is 1. The summed E-state index contributed by atoms with van der Waals surface area (Å²) < 4.78 is 11.2. The van der Waals surface area contributed by atoms with Gasteiger partial charge in [-0.2, -0.15) is 0 Å². The zero-order chi connectivity index (χ0) is 13.2. The van der Waals surface area contributed by atoms with Gasteiger partial charge in [0, 0.05) is 6.54 Å². The molecule has 0 spiro atoms. The number of anilines is 2. The van der Waals surface area contributed by atoms with Crippen molar-refractivity contribution in [2.45, 2.75) is 37.8 Å². The molecule has 2 atom stereocenters. The first-order chi connectivity index (χ1) is 9.31. The monoisotopic (exact) mass is 262 g/mol. The molecule has 0 amide bonds. The highest BCUT2D eigenvalue weighted by Crippen LogP contribution is 2.37. The van der Waals surface area contributed by atoms with Crippen molar-refractivity contribution in [3.05, 3.63) is 18.2 Å². The number of nitrogens with zero attached hydrogens (tertiary/aromatic N) is 1. The van der Waals surface area contributed by atoms with Crippen LogP contribution < -0.4 is 15.4 Å². The van der Waals surface area contributed by atoms with E-state index in [4.69, 9.17) is 15.2 Å². The Bertz CT molecular complexity index is 448. The second-order valence-electron chi connectivity index (χ2n) is 5.35. The predicted octanol–water partition coefficient (Wildman–Crippen LogP) is 2.43. The third kappa shape index (κ3) is 2.25. The molecule has 0 radical (unpaired) electrons. The molecule has 1 heterocycles. The number of methoxy groups -OCH3 is 1. The van der Waals surface area contributed by atoms with Crippen LogP contribution in [0.4, 0.5) is 11.4 Å². The number of benzene rings is 1. The molecule has 1 aliphatic carbocycles. The lowest BCUT2D eigenvalue weighted by Gasteiger charge is -2.45. The van der Waals surface area contributed by atoms with E-state index in [1.807, 2.05) is 12.1 Å². The van der Waals surface area contributed by atoms with E-state index in [0.29, 0.717) is 12.1 Å². The third-order valence-electron chi connectivity index (χ3n) is 4.30. The van der Waals surface area contributed by atoms with E-state index in [2.05, 4.69) is 11.0 Å². The second kappa shape index (κ2) is 5.29. The number of para-hydroxylation sites is 1. The summed E-state index contributed by atoms with van der Waals surface area (Å²) in [7, 11) is 1.66. The summed E-state index contributed by atoms with van der Waals surface area (Å²) in [5.74, 6) is 0.761. The first-order valence-corrected chi connectivity index (χ1v) is 7.12. The second-order valence-corrected chi connectivity index (χ2v) is 5.35. The van der Waals surface area contributed by atoms with Crippen LogP contribution in [0.25, 0.3) is 0 Å². The SMILES string of the molecule is COc1cccc(N2CCOC3CCCCC32)c1N. The normalized spacial score (nSPS) is 26.9. The first-order valence-electron chi connectivity index (χ1n) is 7.12. The van der Waals surface area contributed by atoms with E-state index in [9.17, 15) is 0 Å². The van der Waals surface area contributed by atoms with E-state index in [-0.39, 0.29) is 0 Å². The fraction of sp³-hybridized carbons (Fsp3) is 0.600. The van der Waals surface area contributed by atoms with Crippen molar-refractivity contribution in [3.8, 4) is 5.75 Å². The van der Waals surface area contributed by atoms with Gasteiger partial charge in [0.05, 0.1) is 37.2 Å². The molecule has 2 aliphatic rings. The summed E-state index contributed by atoms with van der Waals surface area (Å²) in [5.41, 5.74) is 8.08. The molecule has 0 bridgehead atoms.